The molecule has 2 aromatic carbocycles. The number of carboxylic acids is 1. The third kappa shape index (κ3) is 4.90. The van der Waals surface area contributed by atoms with Crippen molar-refractivity contribution in [1.29, 1.82) is 0 Å². The summed E-state index contributed by atoms with van der Waals surface area (Å²) < 4.78 is 0. The summed E-state index contributed by atoms with van der Waals surface area (Å²) in [6.07, 6.45) is 3.16. The maximum absolute atomic E-state index is 10.9. The van der Waals surface area contributed by atoms with Crippen LogP contribution >= 0.6 is 0 Å². The third-order valence-corrected chi connectivity index (χ3v) is 4.44. The van der Waals surface area contributed by atoms with Crippen LogP contribution < -0.4 is 5.32 Å². The first-order chi connectivity index (χ1) is 12.2. The molecule has 25 heavy (non-hydrogen) atoms. The van der Waals surface area contributed by atoms with Crippen molar-refractivity contribution in [1.82, 2.24) is 5.32 Å². The Morgan fingerprint density at radius 3 is 2.48 bits per heavy atom. The van der Waals surface area contributed by atoms with E-state index in [9.17, 15) is 4.79 Å². The van der Waals surface area contributed by atoms with E-state index in [1.54, 1.807) is 6.21 Å². The molecule has 0 spiro atoms. The number of benzene rings is 2. The van der Waals surface area contributed by atoms with Gasteiger partial charge in [-0.15, -0.1) is 0 Å². The molecule has 0 saturated carbocycles. The Balaban J connectivity index is 1.44. The summed E-state index contributed by atoms with van der Waals surface area (Å²) in [5.41, 5.74) is 3.32. The number of nitrogens with one attached hydrogen (secondary N) is 1. The number of aliphatic carboxylic acids is 1. The molecule has 0 aliphatic carbocycles. The van der Waals surface area contributed by atoms with Crippen LogP contribution in [-0.2, 0) is 9.63 Å². The molecule has 0 unspecified atom stereocenters. The van der Waals surface area contributed by atoms with E-state index in [0.29, 0.717) is 19.6 Å². The molecule has 0 bridgehead atoms. The van der Waals surface area contributed by atoms with Gasteiger partial charge in [0.25, 0.3) is 0 Å². The molecule has 1 fully saturated rings. The van der Waals surface area contributed by atoms with Gasteiger partial charge in [0, 0.05) is 12.6 Å². The van der Waals surface area contributed by atoms with E-state index < -0.39 is 5.97 Å². The zero-order chi connectivity index (χ0) is 17.5. The van der Waals surface area contributed by atoms with Gasteiger partial charge in [0.05, 0.1) is 12.1 Å². The maximum atomic E-state index is 10.9. The van der Waals surface area contributed by atoms with Gasteiger partial charge in [0.1, 0.15) is 6.61 Å². The molecule has 2 N–H and O–H groups in total. The third-order valence-electron chi connectivity index (χ3n) is 4.44. The number of hydrogen-bond acceptors (Lipinski definition) is 4. The molecular formula is C20H22N2O3. The Labute approximate surface area is 147 Å². The smallest absolute Gasteiger partial charge is 0.307 e. The molecule has 2 aromatic rings. The largest absolute Gasteiger partial charge is 0.481 e. The summed E-state index contributed by atoms with van der Waals surface area (Å²) in [5, 5.41) is 16.2. The maximum Gasteiger partial charge on any atom is 0.307 e. The average molecular weight is 338 g/mol. The lowest BCUT2D eigenvalue weighted by Crippen LogP contribution is -2.43. The van der Waals surface area contributed by atoms with E-state index in [0.717, 1.165) is 17.5 Å². The molecule has 3 rings (SSSR count). The fourth-order valence-corrected chi connectivity index (χ4v) is 2.89. The summed E-state index contributed by atoms with van der Waals surface area (Å²) in [6.45, 7) is 0.943. The quantitative estimate of drug-likeness (QED) is 0.627. The van der Waals surface area contributed by atoms with Gasteiger partial charge >= 0.3 is 5.97 Å². The van der Waals surface area contributed by atoms with Crippen molar-refractivity contribution < 1.29 is 14.7 Å². The van der Waals surface area contributed by atoms with Crippen molar-refractivity contribution in [3.63, 3.8) is 0 Å². The molecule has 0 radical (unpaired) electrons. The molecule has 1 heterocycles. The van der Waals surface area contributed by atoms with Gasteiger partial charge in [-0.1, -0.05) is 59.8 Å². The number of piperidine rings is 1. The number of carbonyl (C=O) groups is 1. The average Bonchev–Trinajstić information content (AvgIpc) is 2.67. The Morgan fingerprint density at radius 1 is 1.12 bits per heavy atom. The lowest BCUT2D eigenvalue weighted by molar-refractivity contribution is -0.142. The highest BCUT2D eigenvalue weighted by molar-refractivity contribution is 5.80. The van der Waals surface area contributed by atoms with Crippen LogP contribution in [0.5, 0.6) is 0 Å². The van der Waals surface area contributed by atoms with Crippen molar-refractivity contribution in [2.45, 2.75) is 18.9 Å². The molecule has 5 nitrogen and oxygen atoms in total. The lowest BCUT2D eigenvalue weighted by atomic mass is 9.95. The predicted molar refractivity (Wildman–Crippen MR) is 97.6 cm³/mol. The van der Waals surface area contributed by atoms with Gasteiger partial charge in [-0.3, -0.25) is 4.79 Å². The Kier molecular flexibility index (Phi) is 5.80. The Hall–Kier alpha value is -2.66. The van der Waals surface area contributed by atoms with E-state index >= 15 is 0 Å². The summed E-state index contributed by atoms with van der Waals surface area (Å²) >= 11 is 0. The van der Waals surface area contributed by atoms with Crippen molar-refractivity contribution in [2.75, 3.05) is 13.2 Å². The standard InChI is InChI=1S/C20H22N2O3/c23-20(24)18-10-11-19(21-13-18)14-25-22-12-15-6-8-17(9-7-15)16-4-2-1-3-5-16/h1-9,12,18-19,21H,10-11,13-14H2,(H,23,24)/b22-12+/t18-,19-/m1/s1. The molecule has 2 atom stereocenters. The monoisotopic (exact) mass is 338 g/mol. The van der Waals surface area contributed by atoms with Crippen molar-refractivity contribution in [2.24, 2.45) is 11.1 Å². The molecule has 1 aliphatic heterocycles. The second-order valence-corrected chi connectivity index (χ2v) is 6.24. The minimum Gasteiger partial charge on any atom is -0.481 e. The van der Waals surface area contributed by atoms with E-state index in [-0.39, 0.29) is 12.0 Å². The predicted octanol–water partition coefficient (Wildman–Crippen LogP) is 3.16. The Bertz CT molecular complexity index is 705. The zero-order valence-corrected chi connectivity index (χ0v) is 14.0. The SMILES string of the molecule is O=C(O)[C@@H]1CC[C@H](CO/N=C/c2ccc(-c3ccccc3)cc2)NC1. The van der Waals surface area contributed by atoms with E-state index in [4.69, 9.17) is 9.94 Å². The second-order valence-electron chi connectivity index (χ2n) is 6.24. The fraction of sp³-hybridized carbons (Fsp3) is 0.300. The van der Waals surface area contributed by atoms with Crippen LogP contribution in [0.4, 0.5) is 0 Å². The van der Waals surface area contributed by atoms with Crippen molar-refractivity contribution >= 4 is 12.2 Å². The van der Waals surface area contributed by atoms with Gasteiger partial charge in [0.2, 0.25) is 0 Å². The van der Waals surface area contributed by atoms with E-state index in [1.807, 2.05) is 30.3 Å². The van der Waals surface area contributed by atoms with E-state index in [2.05, 4.69) is 34.7 Å². The van der Waals surface area contributed by atoms with Crippen LogP contribution in [0.15, 0.2) is 59.8 Å². The van der Waals surface area contributed by atoms with Crippen LogP contribution in [0.1, 0.15) is 18.4 Å². The highest BCUT2D eigenvalue weighted by Gasteiger charge is 2.25. The minimum atomic E-state index is -0.733. The van der Waals surface area contributed by atoms with Gasteiger partial charge in [0.15, 0.2) is 0 Å². The van der Waals surface area contributed by atoms with Crippen molar-refractivity contribution in [3.05, 3.63) is 60.2 Å². The topological polar surface area (TPSA) is 70.9 Å². The molecule has 130 valence electrons. The highest BCUT2D eigenvalue weighted by atomic mass is 16.6. The fourth-order valence-electron chi connectivity index (χ4n) is 2.89. The molecule has 0 aromatic heterocycles. The van der Waals surface area contributed by atoms with Crippen LogP contribution in [0.2, 0.25) is 0 Å². The van der Waals surface area contributed by atoms with Crippen LogP contribution in [0.3, 0.4) is 0 Å². The summed E-state index contributed by atoms with van der Waals surface area (Å²) in [5.74, 6) is -1.02. The number of nitrogens with zero attached hydrogens (tertiary/aromatic N) is 1. The Morgan fingerprint density at radius 2 is 1.84 bits per heavy atom. The highest BCUT2D eigenvalue weighted by Crippen LogP contribution is 2.19. The first kappa shape index (κ1) is 17.2. The molecule has 1 saturated heterocycles. The van der Waals surface area contributed by atoms with Crippen LogP contribution in [-0.4, -0.2) is 36.5 Å². The normalized spacial score (nSPS) is 20.5. The molecular weight excluding hydrogens is 316 g/mol. The summed E-state index contributed by atoms with van der Waals surface area (Å²) in [4.78, 5) is 16.2. The van der Waals surface area contributed by atoms with Gasteiger partial charge < -0.3 is 15.3 Å². The summed E-state index contributed by atoms with van der Waals surface area (Å²) in [6, 6.07) is 18.5. The first-order valence-electron chi connectivity index (χ1n) is 8.49. The molecule has 1 aliphatic rings. The van der Waals surface area contributed by atoms with Gasteiger partial charge in [-0.25, -0.2) is 0 Å². The first-order valence-corrected chi connectivity index (χ1v) is 8.49. The summed E-state index contributed by atoms with van der Waals surface area (Å²) in [7, 11) is 0. The van der Waals surface area contributed by atoms with Crippen LogP contribution in [0.25, 0.3) is 11.1 Å². The van der Waals surface area contributed by atoms with Crippen LogP contribution in [0, 0.1) is 5.92 Å². The van der Waals surface area contributed by atoms with Crippen molar-refractivity contribution in [3.8, 4) is 11.1 Å². The number of oxime groups is 1. The second kappa shape index (κ2) is 8.44. The van der Waals surface area contributed by atoms with Gasteiger partial charge in [-0.2, -0.15) is 0 Å². The minimum absolute atomic E-state index is 0.160. The molecule has 5 heteroatoms. The number of rotatable bonds is 6. The lowest BCUT2D eigenvalue weighted by Gasteiger charge is -2.26. The number of carboxylic acid groups (broad SMARTS) is 1. The number of hydrogen-bond donors (Lipinski definition) is 2. The zero-order valence-electron chi connectivity index (χ0n) is 14.0. The van der Waals surface area contributed by atoms with Gasteiger partial charge in [-0.05, 0) is 29.5 Å². The van der Waals surface area contributed by atoms with E-state index in [1.165, 1.54) is 5.56 Å². The molecule has 0 amide bonds.